The van der Waals surface area contributed by atoms with Gasteiger partial charge in [0.2, 0.25) is 0 Å². The maximum absolute atomic E-state index is 4.01. The van der Waals surface area contributed by atoms with Crippen molar-refractivity contribution in [3.05, 3.63) is 30.4 Å². The van der Waals surface area contributed by atoms with E-state index >= 15 is 0 Å². The number of rotatable bonds is 1. The van der Waals surface area contributed by atoms with Crippen LogP contribution in [0.25, 0.3) is 5.57 Å². The number of hydrogen-bond donors (Lipinski definition) is 1. The third-order valence-electron chi connectivity index (χ3n) is 2.27. The second-order valence-corrected chi connectivity index (χ2v) is 3.37. The summed E-state index contributed by atoms with van der Waals surface area (Å²) < 4.78 is 0. The van der Waals surface area contributed by atoms with Crippen LogP contribution in [0.4, 0.5) is 0 Å². The van der Waals surface area contributed by atoms with E-state index < -0.39 is 0 Å². The zero-order chi connectivity index (χ0) is 9.10. The SMILES string of the molecule is CC1CC(c2cncnc2)=CCN1. The summed E-state index contributed by atoms with van der Waals surface area (Å²) in [6, 6.07) is 0.556. The highest BCUT2D eigenvalue weighted by Gasteiger charge is 2.11. The number of nitrogens with one attached hydrogen (secondary N) is 1. The molecular formula is C10H13N3. The second-order valence-electron chi connectivity index (χ2n) is 3.37. The van der Waals surface area contributed by atoms with Crippen molar-refractivity contribution in [2.75, 3.05) is 6.54 Å². The highest BCUT2D eigenvalue weighted by Crippen LogP contribution is 2.20. The van der Waals surface area contributed by atoms with Crippen molar-refractivity contribution >= 4 is 5.57 Å². The van der Waals surface area contributed by atoms with Crippen LogP contribution in [0.2, 0.25) is 0 Å². The van der Waals surface area contributed by atoms with Gasteiger partial charge in [0.1, 0.15) is 6.33 Å². The van der Waals surface area contributed by atoms with Gasteiger partial charge in [0.05, 0.1) is 0 Å². The Labute approximate surface area is 77.9 Å². The average molecular weight is 175 g/mol. The Bertz CT molecular complexity index is 305. The van der Waals surface area contributed by atoms with Crippen LogP contribution in [0.15, 0.2) is 24.8 Å². The monoisotopic (exact) mass is 175 g/mol. The minimum atomic E-state index is 0.556. The molecule has 1 N–H and O–H groups in total. The van der Waals surface area contributed by atoms with Crippen LogP contribution in [-0.2, 0) is 0 Å². The first-order valence-electron chi connectivity index (χ1n) is 4.54. The van der Waals surface area contributed by atoms with E-state index in [1.54, 1.807) is 6.33 Å². The Kier molecular flexibility index (Phi) is 2.36. The first-order chi connectivity index (χ1) is 6.36. The van der Waals surface area contributed by atoms with Crippen LogP contribution in [-0.4, -0.2) is 22.6 Å². The lowest BCUT2D eigenvalue weighted by Crippen LogP contribution is -2.29. The van der Waals surface area contributed by atoms with Gasteiger partial charge in [-0.3, -0.25) is 0 Å². The molecule has 0 amide bonds. The fourth-order valence-electron chi connectivity index (χ4n) is 1.57. The lowest BCUT2D eigenvalue weighted by atomic mass is 9.98. The molecule has 0 aromatic carbocycles. The van der Waals surface area contributed by atoms with E-state index in [-0.39, 0.29) is 0 Å². The van der Waals surface area contributed by atoms with Crippen molar-refractivity contribution in [3.63, 3.8) is 0 Å². The molecule has 1 aromatic heterocycles. The second kappa shape index (κ2) is 3.66. The van der Waals surface area contributed by atoms with E-state index in [2.05, 4.69) is 28.3 Å². The molecule has 1 atom stereocenters. The fourth-order valence-corrected chi connectivity index (χ4v) is 1.57. The fraction of sp³-hybridized carbons (Fsp3) is 0.400. The van der Waals surface area contributed by atoms with Crippen LogP contribution in [0, 0.1) is 0 Å². The minimum Gasteiger partial charge on any atom is -0.310 e. The molecular weight excluding hydrogens is 162 g/mol. The molecule has 1 unspecified atom stereocenters. The Morgan fingerprint density at radius 1 is 1.38 bits per heavy atom. The summed E-state index contributed by atoms with van der Waals surface area (Å²) in [5, 5.41) is 3.36. The highest BCUT2D eigenvalue weighted by molar-refractivity contribution is 5.65. The smallest absolute Gasteiger partial charge is 0.115 e. The molecule has 0 saturated heterocycles. The summed E-state index contributed by atoms with van der Waals surface area (Å²) >= 11 is 0. The van der Waals surface area contributed by atoms with Gasteiger partial charge in [0.15, 0.2) is 0 Å². The van der Waals surface area contributed by atoms with Gasteiger partial charge in [-0.1, -0.05) is 6.08 Å². The van der Waals surface area contributed by atoms with Gasteiger partial charge < -0.3 is 5.32 Å². The largest absolute Gasteiger partial charge is 0.310 e. The maximum Gasteiger partial charge on any atom is 0.115 e. The molecule has 0 spiro atoms. The van der Waals surface area contributed by atoms with Crippen LogP contribution in [0.3, 0.4) is 0 Å². The molecule has 1 aromatic rings. The molecule has 0 aliphatic carbocycles. The normalized spacial score (nSPS) is 22.5. The molecule has 68 valence electrons. The van der Waals surface area contributed by atoms with Gasteiger partial charge in [-0.15, -0.1) is 0 Å². The van der Waals surface area contributed by atoms with E-state index in [1.807, 2.05) is 12.4 Å². The molecule has 0 saturated carbocycles. The topological polar surface area (TPSA) is 37.8 Å². The molecule has 0 fully saturated rings. The van der Waals surface area contributed by atoms with Crippen molar-refractivity contribution in [3.8, 4) is 0 Å². The van der Waals surface area contributed by atoms with Gasteiger partial charge in [0.25, 0.3) is 0 Å². The molecule has 1 aliphatic heterocycles. The summed E-state index contributed by atoms with van der Waals surface area (Å²) in [5.74, 6) is 0. The van der Waals surface area contributed by atoms with Gasteiger partial charge >= 0.3 is 0 Å². The summed E-state index contributed by atoms with van der Waals surface area (Å²) in [7, 11) is 0. The van der Waals surface area contributed by atoms with Crippen LogP contribution in [0.5, 0.6) is 0 Å². The molecule has 13 heavy (non-hydrogen) atoms. The Hall–Kier alpha value is -1.22. The predicted octanol–water partition coefficient (Wildman–Crippen LogP) is 1.24. The van der Waals surface area contributed by atoms with Gasteiger partial charge in [0, 0.05) is 30.5 Å². The third kappa shape index (κ3) is 1.92. The molecule has 2 rings (SSSR count). The molecule has 0 radical (unpaired) electrons. The zero-order valence-corrected chi connectivity index (χ0v) is 7.70. The van der Waals surface area contributed by atoms with Crippen molar-refractivity contribution in [2.24, 2.45) is 0 Å². The lowest BCUT2D eigenvalue weighted by molar-refractivity contribution is 0.579. The quantitative estimate of drug-likeness (QED) is 0.698. The van der Waals surface area contributed by atoms with Crippen LogP contribution in [0.1, 0.15) is 18.9 Å². The first kappa shape index (κ1) is 8.38. The maximum atomic E-state index is 4.01. The summed E-state index contributed by atoms with van der Waals surface area (Å²) in [6.07, 6.45) is 8.58. The Morgan fingerprint density at radius 3 is 2.85 bits per heavy atom. The average Bonchev–Trinajstić information content (AvgIpc) is 2.19. The standard InChI is InChI=1S/C10H13N3/c1-8-4-9(2-3-13-8)10-5-11-7-12-6-10/h2,5-8,13H,3-4H2,1H3. The molecule has 2 heterocycles. The van der Waals surface area contributed by atoms with Crippen molar-refractivity contribution < 1.29 is 0 Å². The molecule has 0 bridgehead atoms. The minimum absolute atomic E-state index is 0.556. The third-order valence-corrected chi connectivity index (χ3v) is 2.27. The van der Waals surface area contributed by atoms with Crippen molar-refractivity contribution in [1.29, 1.82) is 0 Å². The first-order valence-corrected chi connectivity index (χ1v) is 4.54. The number of hydrogen-bond acceptors (Lipinski definition) is 3. The number of nitrogens with zero attached hydrogens (tertiary/aromatic N) is 2. The van der Waals surface area contributed by atoms with Crippen molar-refractivity contribution in [1.82, 2.24) is 15.3 Å². The number of aromatic nitrogens is 2. The lowest BCUT2D eigenvalue weighted by Gasteiger charge is -2.20. The van der Waals surface area contributed by atoms with Crippen LogP contribution < -0.4 is 5.32 Å². The van der Waals surface area contributed by atoms with Crippen LogP contribution >= 0.6 is 0 Å². The van der Waals surface area contributed by atoms with Crippen molar-refractivity contribution in [2.45, 2.75) is 19.4 Å². The molecule has 3 heteroatoms. The van der Waals surface area contributed by atoms with Gasteiger partial charge in [-0.2, -0.15) is 0 Å². The van der Waals surface area contributed by atoms with E-state index in [1.165, 1.54) is 5.57 Å². The summed E-state index contributed by atoms with van der Waals surface area (Å²) in [6.45, 7) is 3.14. The van der Waals surface area contributed by atoms with E-state index in [9.17, 15) is 0 Å². The van der Waals surface area contributed by atoms with E-state index in [0.29, 0.717) is 6.04 Å². The molecule has 1 aliphatic rings. The summed E-state index contributed by atoms with van der Waals surface area (Å²) in [4.78, 5) is 8.03. The van der Waals surface area contributed by atoms with E-state index in [0.717, 1.165) is 18.5 Å². The Morgan fingerprint density at radius 2 is 2.15 bits per heavy atom. The summed E-state index contributed by atoms with van der Waals surface area (Å²) in [5.41, 5.74) is 2.50. The zero-order valence-electron chi connectivity index (χ0n) is 7.70. The molecule has 3 nitrogen and oxygen atoms in total. The predicted molar refractivity (Wildman–Crippen MR) is 52.1 cm³/mol. The highest BCUT2D eigenvalue weighted by atomic mass is 14.9. The Balaban J connectivity index is 2.22. The van der Waals surface area contributed by atoms with E-state index in [4.69, 9.17) is 0 Å². The van der Waals surface area contributed by atoms with Gasteiger partial charge in [-0.05, 0) is 18.9 Å². The van der Waals surface area contributed by atoms with Gasteiger partial charge in [-0.25, -0.2) is 9.97 Å².